The molecule has 548 valence electrons. The number of amides is 13. The minimum absolute atomic E-state index is 0.0119. The molecule has 0 unspecified atom stereocenters. The van der Waals surface area contributed by atoms with E-state index in [2.05, 4.69) is 63.1 Å². The van der Waals surface area contributed by atoms with Gasteiger partial charge in [-0.05, 0) is 62.3 Å². The molecule has 0 saturated carbocycles. The number of benzene rings is 1. The second-order valence-electron chi connectivity index (χ2n) is 25.0. The van der Waals surface area contributed by atoms with Crippen molar-refractivity contribution in [1.29, 1.82) is 0 Å². The van der Waals surface area contributed by atoms with Crippen molar-refractivity contribution in [2.24, 2.45) is 29.2 Å². The number of aliphatic carboxylic acids is 2. The van der Waals surface area contributed by atoms with E-state index in [1.165, 1.54) is 43.1 Å². The normalized spacial score (nSPS) is 18.3. The maximum absolute atomic E-state index is 14.4. The molecule has 2 aromatic rings. The zero-order valence-electron chi connectivity index (χ0n) is 56.4. The van der Waals surface area contributed by atoms with Gasteiger partial charge in [0, 0.05) is 44.2 Å². The zero-order valence-corrected chi connectivity index (χ0v) is 56.4. The molecule has 36 heteroatoms. The van der Waals surface area contributed by atoms with Crippen molar-refractivity contribution in [2.45, 2.75) is 198 Å². The SMILES string of the molecule is CC[C@H](C)[C@H](NC(=O)[C@@H]1CCCN1C(=O)[C@H](Cc1cnc[nH]1)NC(=O)[C@H](CCC(N)=O)NC(=O)[C@H](CC(=O)O)NC(=O)[C@H](CO)NC(=O)[C@@H](NC(=O)[C@H](CO)NC(=O)[C@H](C)NC(=O)[C@@H](NC(=O)[C@H](Cc1ccccc1)NC(=O)[C@@H]1CCCN1C(=O)[C@@H](N)CO)[C@@H](C)CC)C(C)C)C(=O)O. The molecule has 2 aliphatic rings. The number of nitrogens with two attached hydrogens (primary N) is 2. The standard InChI is InChI=1S/C63H96N16O20/c1-8-32(5)49(76-54(89)39(23-35-15-11-10-12-16-35)71-57(92)44-17-13-21-78(44)61(96)37(64)27-80)60(95)68-34(7)51(86)73-43(29-82)56(91)75-48(31(3)4)59(94)74-42(28-81)55(90)70-40(25-47(84)85)53(88)69-38(19-20-46(65)83)52(87)72-41(24-36-26-66-30-67-36)62(97)79-22-14-18-45(79)58(93)77-50(63(98)99)33(6)9-2/h10-12,15-16,26,30-34,37-45,48-50,80-82H,8-9,13-14,17-25,27-29,64H2,1-7H3,(H2,65,83)(H,66,67)(H,68,95)(H,69,88)(H,70,90)(H,71,92)(H,72,87)(H,73,86)(H,74,94)(H,75,91)(H,76,89)(H,77,93)(H,84,85)(H,98,99)/t32-,33-,34-,37-,38-,39-,40-,41-,42-,43-,44-,45-,48-,49-,50-/m0/s1. The van der Waals surface area contributed by atoms with Crippen molar-refractivity contribution in [3.05, 3.63) is 54.1 Å². The number of carbonyl (C=O) groups excluding carboxylic acids is 13. The molecule has 15 atom stereocenters. The first-order valence-corrected chi connectivity index (χ1v) is 32.8. The summed E-state index contributed by atoms with van der Waals surface area (Å²) in [7, 11) is 0. The largest absolute Gasteiger partial charge is 0.481 e. The molecule has 13 amide bonds. The molecule has 20 N–H and O–H groups in total. The van der Waals surface area contributed by atoms with E-state index in [1.807, 2.05) is 0 Å². The predicted molar refractivity (Wildman–Crippen MR) is 348 cm³/mol. The molecule has 1 aromatic heterocycles. The molecule has 2 fully saturated rings. The summed E-state index contributed by atoms with van der Waals surface area (Å²) in [6.45, 7) is 8.11. The Kier molecular flexibility index (Phi) is 32.7. The maximum Gasteiger partial charge on any atom is 0.326 e. The fourth-order valence-corrected chi connectivity index (χ4v) is 11.0. The number of carbonyl (C=O) groups is 15. The van der Waals surface area contributed by atoms with Gasteiger partial charge in [-0.2, -0.15) is 0 Å². The molecule has 2 aliphatic heterocycles. The van der Waals surface area contributed by atoms with Gasteiger partial charge in [-0.3, -0.25) is 67.1 Å². The number of primary amides is 1. The number of aromatic nitrogens is 2. The average molecular weight is 1400 g/mol. The first-order valence-electron chi connectivity index (χ1n) is 32.8. The van der Waals surface area contributed by atoms with Crippen LogP contribution in [0.4, 0.5) is 0 Å². The molecule has 2 saturated heterocycles. The number of aromatic amines is 1. The average Bonchev–Trinajstić information content (AvgIpc) is 1.76. The van der Waals surface area contributed by atoms with Gasteiger partial charge >= 0.3 is 11.9 Å². The van der Waals surface area contributed by atoms with E-state index in [-0.39, 0.29) is 38.8 Å². The van der Waals surface area contributed by atoms with Crippen LogP contribution in [0.5, 0.6) is 0 Å². The molecule has 0 aliphatic carbocycles. The lowest BCUT2D eigenvalue weighted by Crippen LogP contribution is -2.62. The number of hydrogen-bond acceptors (Lipinski definition) is 20. The predicted octanol–water partition coefficient (Wildman–Crippen LogP) is -6.08. The maximum atomic E-state index is 14.4. The van der Waals surface area contributed by atoms with E-state index in [4.69, 9.17) is 11.5 Å². The molecule has 0 bridgehead atoms. The number of H-pyrrole nitrogens is 1. The molecule has 0 radical (unpaired) electrons. The van der Waals surface area contributed by atoms with Crippen LogP contribution in [0.15, 0.2) is 42.9 Å². The smallest absolute Gasteiger partial charge is 0.326 e. The van der Waals surface area contributed by atoms with Gasteiger partial charge in [-0.1, -0.05) is 84.7 Å². The highest BCUT2D eigenvalue weighted by molar-refractivity contribution is 6.00. The van der Waals surface area contributed by atoms with Gasteiger partial charge in [0.05, 0.1) is 32.6 Å². The Bertz CT molecular complexity index is 3160. The Labute approximate surface area is 571 Å². The quantitative estimate of drug-likeness (QED) is 0.0295. The molecular weight excluding hydrogens is 1300 g/mol. The molecular formula is C63H96N16O20. The number of carboxylic acids is 2. The zero-order chi connectivity index (χ0) is 74.0. The van der Waals surface area contributed by atoms with Gasteiger partial charge in [0.15, 0.2) is 0 Å². The van der Waals surface area contributed by atoms with Gasteiger partial charge in [0.1, 0.15) is 78.5 Å². The first kappa shape index (κ1) is 81.7. The Morgan fingerprint density at radius 3 is 1.56 bits per heavy atom. The number of nitrogens with one attached hydrogen (secondary N) is 11. The first-order chi connectivity index (χ1) is 46.8. The van der Waals surface area contributed by atoms with Crippen LogP contribution in [0.3, 0.4) is 0 Å². The van der Waals surface area contributed by atoms with Gasteiger partial charge in [0.25, 0.3) is 0 Å². The third kappa shape index (κ3) is 24.4. The Balaban J connectivity index is 1.45. The molecule has 99 heavy (non-hydrogen) atoms. The number of aliphatic hydroxyl groups is 3. The van der Waals surface area contributed by atoms with Crippen molar-refractivity contribution in [3.8, 4) is 0 Å². The van der Waals surface area contributed by atoms with Crippen LogP contribution in [0.2, 0.25) is 0 Å². The van der Waals surface area contributed by atoms with Gasteiger partial charge in [-0.15, -0.1) is 0 Å². The van der Waals surface area contributed by atoms with Crippen molar-refractivity contribution >= 4 is 88.7 Å². The number of aliphatic hydroxyl groups excluding tert-OH is 3. The summed E-state index contributed by atoms with van der Waals surface area (Å²) >= 11 is 0. The number of likely N-dealkylation sites (tertiary alicyclic amines) is 2. The summed E-state index contributed by atoms with van der Waals surface area (Å²) in [5.74, 6) is -17.6. The molecule has 0 spiro atoms. The van der Waals surface area contributed by atoms with E-state index >= 15 is 0 Å². The number of carboxylic acid groups (broad SMARTS) is 2. The highest BCUT2D eigenvalue weighted by Gasteiger charge is 2.43. The van der Waals surface area contributed by atoms with E-state index in [1.54, 1.807) is 58.0 Å². The Morgan fingerprint density at radius 2 is 1.03 bits per heavy atom. The van der Waals surface area contributed by atoms with Crippen molar-refractivity contribution in [1.82, 2.24) is 72.9 Å². The summed E-state index contributed by atoms with van der Waals surface area (Å²) in [5, 5.41) is 74.0. The van der Waals surface area contributed by atoms with Crippen LogP contribution in [-0.2, 0) is 84.8 Å². The molecule has 4 rings (SSSR count). The number of imidazole rings is 1. The second kappa shape index (κ2) is 39.7. The molecule has 36 nitrogen and oxygen atoms in total. The Hall–Kier alpha value is -9.68. The lowest BCUT2D eigenvalue weighted by atomic mass is 9.96. The summed E-state index contributed by atoms with van der Waals surface area (Å²) < 4.78 is 0. The van der Waals surface area contributed by atoms with Crippen molar-refractivity contribution in [3.63, 3.8) is 0 Å². The summed E-state index contributed by atoms with van der Waals surface area (Å²) in [6.07, 6.45) is 1.84. The summed E-state index contributed by atoms with van der Waals surface area (Å²) in [5.41, 5.74) is 12.1. The monoisotopic (exact) mass is 1400 g/mol. The minimum Gasteiger partial charge on any atom is -0.481 e. The van der Waals surface area contributed by atoms with Crippen LogP contribution in [0.25, 0.3) is 0 Å². The van der Waals surface area contributed by atoms with E-state index in [0.717, 1.165) is 0 Å². The topological polar surface area (TPSA) is 565 Å². The van der Waals surface area contributed by atoms with Crippen LogP contribution in [0.1, 0.15) is 118 Å². The van der Waals surface area contributed by atoms with Crippen LogP contribution in [0, 0.1) is 17.8 Å². The van der Waals surface area contributed by atoms with E-state index in [9.17, 15) is 97.5 Å². The van der Waals surface area contributed by atoms with Gasteiger partial charge < -0.3 is 105 Å². The third-order valence-electron chi connectivity index (χ3n) is 17.2. The second-order valence-corrected chi connectivity index (χ2v) is 25.0. The van der Waals surface area contributed by atoms with Crippen LogP contribution >= 0.6 is 0 Å². The molecule has 1 aromatic carbocycles. The number of hydrogen-bond donors (Lipinski definition) is 18. The van der Waals surface area contributed by atoms with E-state index < -0.39 is 224 Å². The van der Waals surface area contributed by atoms with Crippen LogP contribution in [-0.4, -0.2) is 245 Å². The van der Waals surface area contributed by atoms with Gasteiger partial charge in [-0.25, -0.2) is 9.78 Å². The highest BCUT2D eigenvalue weighted by atomic mass is 16.4. The van der Waals surface area contributed by atoms with Gasteiger partial charge in [0.2, 0.25) is 76.8 Å². The summed E-state index contributed by atoms with van der Waals surface area (Å²) in [6, 6.07) is -11.0. The Morgan fingerprint density at radius 1 is 0.545 bits per heavy atom. The number of nitrogens with zero attached hydrogens (tertiary/aromatic N) is 3. The fraction of sp³-hybridized carbons (Fsp3) is 0.619. The minimum atomic E-state index is -2.09. The van der Waals surface area contributed by atoms with Crippen LogP contribution < -0.4 is 64.6 Å². The summed E-state index contributed by atoms with van der Waals surface area (Å²) in [4.78, 5) is 212. The third-order valence-corrected chi connectivity index (χ3v) is 17.2. The van der Waals surface area contributed by atoms with Crippen molar-refractivity contribution < 1.29 is 97.5 Å². The lowest BCUT2D eigenvalue weighted by molar-refractivity contribution is -0.146. The fourth-order valence-electron chi connectivity index (χ4n) is 11.0. The molecule has 3 heterocycles. The lowest BCUT2D eigenvalue weighted by Gasteiger charge is -2.31. The van der Waals surface area contributed by atoms with Crippen molar-refractivity contribution in [2.75, 3.05) is 32.9 Å². The van der Waals surface area contributed by atoms with E-state index in [0.29, 0.717) is 36.9 Å². The highest BCUT2D eigenvalue weighted by Crippen LogP contribution is 2.23. The number of rotatable bonds is 40.